The van der Waals surface area contributed by atoms with Crippen LogP contribution < -0.4 is 4.57 Å². The minimum absolute atomic E-state index is 0.0187. The molecule has 2 heterocycles. The summed E-state index contributed by atoms with van der Waals surface area (Å²) in [5.74, 6) is 0.514. The van der Waals surface area contributed by atoms with Crippen LogP contribution in [0.3, 0.4) is 0 Å². The van der Waals surface area contributed by atoms with Gasteiger partial charge in [0.15, 0.2) is 12.2 Å². The third kappa shape index (κ3) is 2.11. The lowest BCUT2D eigenvalue weighted by atomic mass is 9.85. The van der Waals surface area contributed by atoms with Crippen molar-refractivity contribution < 1.29 is 23.6 Å². The van der Waals surface area contributed by atoms with Crippen LogP contribution >= 0.6 is 11.8 Å². The average Bonchev–Trinajstić information content (AvgIpc) is 3.23. The SMILES string of the molecule is CCOC(=O)[C@@H]1C[C@H]2C[C@H]1[C@@H]1Sc3c(C(=O)OC)ccc[n+]3[C@@H]21. The number of aromatic nitrogens is 1. The van der Waals surface area contributed by atoms with Gasteiger partial charge in [0, 0.05) is 12.0 Å². The molecule has 23 heavy (non-hydrogen) atoms. The molecule has 1 aromatic heterocycles. The second-order valence-corrected chi connectivity index (χ2v) is 7.62. The predicted octanol–water partition coefficient (Wildman–Crippen LogP) is 2.00. The Kier molecular flexibility index (Phi) is 3.59. The van der Waals surface area contributed by atoms with E-state index in [1.165, 1.54) is 7.11 Å². The molecule has 5 atom stereocenters. The van der Waals surface area contributed by atoms with Crippen LogP contribution in [0.25, 0.3) is 0 Å². The summed E-state index contributed by atoms with van der Waals surface area (Å²) in [7, 11) is 1.41. The Balaban J connectivity index is 1.65. The molecule has 1 aromatic rings. The maximum atomic E-state index is 12.2. The van der Waals surface area contributed by atoms with Crippen molar-refractivity contribution in [3.05, 3.63) is 23.9 Å². The largest absolute Gasteiger partial charge is 0.466 e. The van der Waals surface area contributed by atoms with Crippen molar-refractivity contribution in [2.45, 2.75) is 36.1 Å². The summed E-state index contributed by atoms with van der Waals surface area (Å²) in [6.45, 7) is 2.29. The number of rotatable bonds is 3. The lowest BCUT2D eigenvalue weighted by Gasteiger charge is -2.25. The van der Waals surface area contributed by atoms with Crippen LogP contribution in [-0.2, 0) is 14.3 Å². The van der Waals surface area contributed by atoms with E-state index in [4.69, 9.17) is 9.47 Å². The molecule has 6 heteroatoms. The van der Waals surface area contributed by atoms with Gasteiger partial charge in [-0.15, -0.1) is 0 Å². The van der Waals surface area contributed by atoms with E-state index in [2.05, 4.69) is 10.8 Å². The zero-order valence-electron chi connectivity index (χ0n) is 13.2. The second-order valence-electron chi connectivity index (χ2n) is 6.45. The first-order valence-corrected chi connectivity index (χ1v) is 8.99. The van der Waals surface area contributed by atoms with E-state index in [1.807, 2.05) is 19.1 Å². The van der Waals surface area contributed by atoms with E-state index in [0.29, 0.717) is 35.3 Å². The van der Waals surface area contributed by atoms with Crippen molar-refractivity contribution >= 4 is 23.7 Å². The Morgan fingerprint density at radius 2 is 2.22 bits per heavy atom. The Hall–Kier alpha value is -1.56. The molecule has 3 aliphatic rings. The van der Waals surface area contributed by atoms with E-state index in [1.54, 1.807) is 11.8 Å². The van der Waals surface area contributed by atoms with Gasteiger partial charge in [0.05, 0.1) is 24.9 Å². The number of thioether (sulfide) groups is 1. The fourth-order valence-corrected chi connectivity index (χ4v) is 6.41. The van der Waals surface area contributed by atoms with Crippen molar-refractivity contribution in [3.63, 3.8) is 0 Å². The monoisotopic (exact) mass is 334 g/mol. The molecule has 0 spiro atoms. The quantitative estimate of drug-likeness (QED) is 0.625. The summed E-state index contributed by atoms with van der Waals surface area (Å²) in [5.41, 5.74) is 0.626. The number of carbonyl (C=O) groups is 2. The van der Waals surface area contributed by atoms with Crippen LogP contribution in [-0.4, -0.2) is 30.9 Å². The number of esters is 2. The van der Waals surface area contributed by atoms with Crippen LogP contribution in [0.5, 0.6) is 0 Å². The van der Waals surface area contributed by atoms with Gasteiger partial charge < -0.3 is 9.47 Å². The molecule has 5 nitrogen and oxygen atoms in total. The highest BCUT2D eigenvalue weighted by Gasteiger charge is 2.63. The number of carbonyl (C=O) groups excluding carboxylic acids is 2. The summed E-state index contributed by atoms with van der Waals surface area (Å²) in [4.78, 5) is 24.2. The Morgan fingerprint density at radius 3 is 2.96 bits per heavy atom. The number of methoxy groups -OCH3 is 1. The first-order valence-electron chi connectivity index (χ1n) is 8.11. The highest BCUT2D eigenvalue weighted by atomic mass is 32.2. The number of ether oxygens (including phenoxy) is 2. The molecular formula is C17H20NO4S+. The van der Waals surface area contributed by atoms with Crippen LogP contribution in [0.4, 0.5) is 0 Å². The Morgan fingerprint density at radius 1 is 1.39 bits per heavy atom. The van der Waals surface area contributed by atoms with E-state index in [0.717, 1.165) is 17.9 Å². The number of fused-ring (bicyclic) bond motifs is 7. The van der Waals surface area contributed by atoms with Crippen LogP contribution in [0.2, 0.25) is 0 Å². The van der Waals surface area contributed by atoms with Crippen LogP contribution in [0, 0.1) is 17.8 Å². The first kappa shape index (κ1) is 15.0. The summed E-state index contributed by atoms with van der Waals surface area (Å²) in [5, 5.41) is 1.34. The molecule has 2 saturated carbocycles. The highest BCUT2D eigenvalue weighted by Crippen LogP contribution is 2.60. The molecule has 0 N–H and O–H groups in total. The second kappa shape index (κ2) is 5.51. The van der Waals surface area contributed by atoms with Gasteiger partial charge in [0.2, 0.25) is 0 Å². The molecule has 0 aromatic carbocycles. The summed E-state index contributed by atoms with van der Waals surface area (Å²) in [6, 6.07) is 4.11. The normalized spacial score (nSPS) is 33.2. The first-order chi connectivity index (χ1) is 11.2. The van der Waals surface area contributed by atoms with Crippen LogP contribution in [0.1, 0.15) is 36.2 Å². The minimum atomic E-state index is -0.295. The molecular weight excluding hydrogens is 314 g/mol. The van der Waals surface area contributed by atoms with E-state index in [-0.39, 0.29) is 17.9 Å². The molecule has 0 saturated heterocycles. The van der Waals surface area contributed by atoms with Gasteiger partial charge in [0.1, 0.15) is 5.56 Å². The number of hydrogen-bond donors (Lipinski definition) is 0. The predicted molar refractivity (Wildman–Crippen MR) is 83.0 cm³/mol. The lowest BCUT2D eigenvalue weighted by Crippen LogP contribution is -2.46. The molecule has 4 rings (SSSR count). The van der Waals surface area contributed by atoms with E-state index >= 15 is 0 Å². The molecule has 0 unspecified atom stereocenters. The van der Waals surface area contributed by atoms with Gasteiger partial charge >= 0.3 is 11.9 Å². The number of hydrogen-bond acceptors (Lipinski definition) is 5. The summed E-state index contributed by atoms with van der Waals surface area (Å²) in [6.07, 6.45) is 4.04. The Bertz CT molecular complexity index is 677. The molecule has 0 amide bonds. The number of nitrogens with zero attached hydrogens (tertiary/aromatic N) is 1. The highest BCUT2D eigenvalue weighted by molar-refractivity contribution is 8.00. The smallest absolute Gasteiger partial charge is 0.345 e. The fraction of sp³-hybridized carbons (Fsp3) is 0.588. The summed E-state index contributed by atoms with van der Waals surface area (Å²) < 4.78 is 12.4. The lowest BCUT2D eigenvalue weighted by molar-refractivity contribution is -0.756. The summed E-state index contributed by atoms with van der Waals surface area (Å²) >= 11 is 1.73. The minimum Gasteiger partial charge on any atom is -0.466 e. The Labute approximate surface area is 139 Å². The van der Waals surface area contributed by atoms with Crippen LogP contribution in [0.15, 0.2) is 23.4 Å². The van der Waals surface area contributed by atoms with Crippen molar-refractivity contribution in [1.29, 1.82) is 0 Å². The van der Waals surface area contributed by atoms with Gasteiger partial charge in [-0.25, -0.2) is 4.79 Å². The molecule has 2 aliphatic carbocycles. The van der Waals surface area contributed by atoms with Crippen molar-refractivity contribution in [1.82, 2.24) is 0 Å². The van der Waals surface area contributed by atoms with Crippen molar-refractivity contribution in [3.8, 4) is 0 Å². The topological polar surface area (TPSA) is 56.5 Å². The molecule has 1 aliphatic heterocycles. The van der Waals surface area contributed by atoms with E-state index in [9.17, 15) is 9.59 Å². The van der Waals surface area contributed by atoms with E-state index < -0.39 is 0 Å². The molecule has 122 valence electrons. The maximum absolute atomic E-state index is 12.2. The molecule has 2 fully saturated rings. The fourth-order valence-electron chi connectivity index (χ4n) is 4.60. The third-order valence-corrected chi connectivity index (χ3v) is 6.98. The van der Waals surface area contributed by atoms with Gasteiger partial charge in [-0.3, -0.25) is 4.79 Å². The van der Waals surface area contributed by atoms with Gasteiger partial charge in [-0.05, 0) is 43.5 Å². The van der Waals surface area contributed by atoms with Crippen molar-refractivity contribution in [2.24, 2.45) is 17.8 Å². The standard InChI is InChI=1S/C17H20NO4S/c1-3-22-17(20)12-8-9-7-11(12)14-13(9)18-6-4-5-10(15(18)23-14)16(19)21-2/h4-6,9,11-14H,3,7-8H2,1-2H3/q+1/t9-,11-,12-,13+,14+/m1/s1. The van der Waals surface area contributed by atoms with Crippen molar-refractivity contribution in [2.75, 3.05) is 13.7 Å². The maximum Gasteiger partial charge on any atom is 0.345 e. The zero-order chi connectivity index (χ0) is 16.1. The average molecular weight is 334 g/mol. The molecule has 2 bridgehead atoms. The van der Waals surface area contributed by atoms with Gasteiger partial charge in [-0.1, -0.05) is 0 Å². The van der Waals surface area contributed by atoms with Gasteiger partial charge in [0.25, 0.3) is 5.03 Å². The zero-order valence-corrected chi connectivity index (χ0v) is 14.0. The molecule has 0 radical (unpaired) electrons. The number of pyridine rings is 1. The van der Waals surface area contributed by atoms with Gasteiger partial charge in [-0.2, -0.15) is 4.57 Å². The third-order valence-electron chi connectivity index (χ3n) is 5.43.